The Morgan fingerprint density at radius 3 is 2.71 bits per heavy atom. The fourth-order valence-corrected chi connectivity index (χ4v) is 5.32. The highest BCUT2D eigenvalue weighted by molar-refractivity contribution is 7.89. The Hall–Kier alpha value is -3.69. The van der Waals surface area contributed by atoms with E-state index in [0.29, 0.717) is 17.2 Å². The van der Waals surface area contributed by atoms with Crippen LogP contribution in [0.5, 0.6) is 0 Å². The molecule has 2 N–H and O–H groups in total. The van der Waals surface area contributed by atoms with Gasteiger partial charge in [-0.15, -0.1) is 0 Å². The Morgan fingerprint density at radius 1 is 1.24 bits per heavy atom. The highest BCUT2D eigenvalue weighted by Crippen LogP contribution is 2.26. The van der Waals surface area contributed by atoms with E-state index in [1.807, 2.05) is 19.1 Å². The van der Waals surface area contributed by atoms with Crippen LogP contribution in [0, 0.1) is 18.3 Å². The minimum Gasteiger partial charge on any atom is -0.453 e. The third-order valence-corrected chi connectivity index (χ3v) is 7.56. The van der Waals surface area contributed by atoms with E-state index in [2.05, 4.69) is 26.3 Å². The molecule has 1 fully saturated rings. The normalized spacial score (nSPS) is 15.6. The Morgan fingerprint density at radius 2 is 2.00 bits per heavy atom. The number of nitrogens with zero attached hydrogens (tertiary/aromatic N) is 5. The second kappa shape index (κ2) is 9.66. The minimum absolute atomic E-state index is 0.102. The quantitative estimate of drug-likeness (QED) is 0.544. The molecule has 4 rings (SSSR count). The van der Waals surface area contributed by atoms with Gasteiger partial charge in [0.05, 0.1) is 36.1 Å². The van der Waals surface area contributed by atoms with Crippen LogP contribution >= 0.6 is 0 Å². The third-order valence-electron chi connectivity index (χ3n) is 5.66. The molecule has 178 valence electrons. The number of ether oxygens (including phenoxy) is 1. The van der Waals surface area contributed by atoms with E-state index >= 15 is 0 Å². The van der Waals surface area contributed by atoms with Crippen molar-refractivity contribution in [2.75, 3.05) is 38.6 Å². The molecule has 12 heteroatoms. The van der Waals surface area contributed by atoms with Crippen molar-refractivity contribution >= 4 is 33.2 Å². The summed E-state index contributed by atoms with van der Waals surface area (Å²) in [5.74, 6) is 0.445. The maximum atomic E-state index is 13.3. The number of hydrogen-bond donors (Lipinski definition) is 2. The van der Waals surface area contributed by atoms with Gasteiger partial charge in [0.1, 0.15) is 0 Å². The number of nitrogens with one attached hydrogen (secondary N) is 2. The summed E-state index contributed by atoms with van der Waals surface area (Å²) in [5, 5.41) is 12.6. The van der Waals surface area contributed by atoms with Crippen molar-refractivity contribution in [1.82, 2.24) is 24.2 Å². The molecule has 3 aromatic rings. The Balaban J connectivity index is 1.55. The van der Waals surface area contributed by atoms with Crippen molar-refractivity contribution in [2.24, 2.45) is 0 Å². The van der Waals surface area contributed by atoms with Gasteiger partial charge in [-0.3, -0.25) is 0 Å². The molecule has 2 aromatic heterocycles. The predicted molar refractivity (Wildman–Crippen MR) is 124 cm³/mol. The maximum Gasteiger partial charge on any atom is 0.409 e. The summed E-state index contributed by atoms with van der Waals surface area (Å²) in [6.45, 7) is 2.73. The third kappa shape index (κ3) is 4.80. The molecule has 0 radical (unpaired) electrons. The van der Waals surface area contributed by atoms with Crippen LogP contribution in [0.15, 0.2) is 41.3 Å². The van der Waals surface area contributed by atoms with Crippen molar-refractivity contribution in [1.29, 1.82) is 5.26 Å². The molecule has 34 heavy (non-hydrogen) atoms. The number of anilines is 1. The molecule has 1 atom stereocenters. The average molecular weight is 484 g/mol. The lowest BCUT2D eigenvalue weighted by Gasteiger charge is -2.33. The minimum atomic E-state index is -3.78. The number of nitriles is 1. The van der Waals surface area contributed by atoms with E-state index in [4.69, 9.17) is 4.74 Å². The van der Waals surface area contributed by atoms with E-state index in [0.717, 1.165) is 11.2 Å². The van der Waals surface area contributed by atoms with E-state index in [9.17, 15) is 18.5 Å². The molecule has 0 spiro atoms. The van der Waals surface area contributed by atoms with E-state index < -0.39 is 22.2 Å². The summed E-state index contributed by atoms with van der Waals surface area (Å²) in [4.78, 5) is 25.2. The van der Waals surface area contributed by atoms with Crippen molar-refractivity contribution in [3.05, 3.63) is 47.7 Å². The number of imidazole rings is 1. The number of piperazine rings is 1. The lowest BCUT2D eigenvalue weighted by atomic mass is 10.0. The summed E-state index contributed by atoms with van der Waals surface area (Å²) in [6, 6.07) is 11.9. The first-order valence-corrected chi connectivity index (χ1v) is 12.2. The molecule has 0 bridgehead atoms. The van der Waals surface area contributed by atoms with E-state index in [1.54, 1.807) is 18.2 Å². The highest BCUT2D eigenvalue weighted by Gasteiger charge is 2.31. The Labute approximate surface area is 197 Å². The number of amides is 1. The SMILES string of the molecule is COC(=O)N1CCN(S(=O)(=O)c2cccc([C@@H](CC#N)Nc3nc4nc(C)ccc4[nH]3)c2)CC1. The molecule has 1 aromatic carbocycles. The number of benzene rings is 1. The molecule has 1 aliphatic heterocycles. The number of pyridine rings is 1. The van der Waals surface area contributed by atoms with Gasteiger partial charge in [-0.2, -0.15) is 14.6 Å². The summed E-state index contributed by atoms with van der Waals surface area (Å²) < 4.78 is 32.6. The lowest BCUT2D eigenvalue weighted by Crippen LogP contribution is -2.50. The number of aromatic amines is 1. The number of hydrogen-bond acceptors (Lipinski definition) is 8. The number of H-pyrrole nitrogens is 1. The van der Waals surface area contributed by atoms with Crippen molar-refractivity contribution in [2.45, 2.75) is 24.3 Å². The first-order chi connectivity index (χ1) is 16.3. The van der Waals surface area contributed by atoms with Crippen LogP contribution in [-0.2, 0) is 14.8 Å². The average Bonchev–Trinajstić information content (AvgIpc) is 3.25. The summed E-state index contributed by atoms with van der Waals surface area (Å²) >= 11 is 0. The first kappa shape index (κ1) is 23.5. The largest absolute Gasteiger partial charge is 0.453 e. The van der Waals surface area contributed by atoms with Gasteiger partial charge in [0, 0.05) is 31.9 Å². The standard InChI is InChI=1S/C22H25N7O4S/c1-15-6-7-19-20(24-15)27-21(26-19)25-18(8-9-23)16-4-3-5-17(14-16)34(31,32)29-12-10-28(11-13-29)22(30)33-2/h3-7,14,18H,8,10-13H2,1-2H3,(H2,24,25,26,27)/t18-/m1/s1. The molecule has 3 heterocycles. The number of carbonyl (C=O) groups excluding carboxylic acids is 1. The number of sulfonamides is 1. The smallest absolute Gasteiger partial charge is 0.409 e. The number of rotatable bonds is 6. The maximum absolute atomic E-state index is 13.3. The van der Waals surface area contributed by atoms with Crippen LogP contribution in [-0.4, -0.2) is 72.0 Å². The van der Waals surface area contributed by atoms with Gasteiger partial charge in [0.2, 0.25) is 16.0 Å². The Kier molecular flexibility index (Phi) is 6.67. The van der Waals surface area contributed by atoms with Gasteiger partial charge in [-0.05, 0) is 36.8 Å². The first-order valence-electron chi connectivity index (χ1n) is 10.7. The number of aryl methyl sites for hydroxylation is 1. The van der Waals surface area contributed by atoms with Gasteiger partial charge < -0.3 is 19.9 Å². The van der Waals surface area contributed by atoms with Crippen LogP contribution in [0.25, 0.3) is 11.2 Å². The van der Waals surface area contributed by atoms with Crippen LogP contribution in [0.3, 0.4) is 0 Å². The second-order valence-electron chi connectivity index (χ2n) is 7.90. The topological polar surface area (TPSA) is 144 Å². The van der Waals surface area contributed by atoms with Gasteiger partial charge in [0.15, 0.2) is 5.65 Å². The number of fused-ring (bicyclic) bond motifs is 1. The molecule has 1 saturated heterocycles. The summed E-state index contributed by atoms with van der Waals surface area (Å²) in [7, 11) is -2.48. The van der Waals surface area contributed by atoms with Gasteiger partial charge >= 0.3 is 6.09 Å². The second-order valence-corrected chi connectivity index (χ2v) is 9.84. The van der Waals surface area contributed by atoms with Gasteiger partial charge in [-0.1, -0.05) is 12.1 Å². The fourth-order valence-electron chi connectivity index (χ4n) is 3.85. The summed E-state index contributed by atoms with van der Waals surface area (Å²) in [5.41, 5.74) is 2.79. The van der Waals surface area contributed by atoms with E-state index in [-0.39, 0.29) is 37.5 Å². The molecule has 0 unspecified atom stereocenters. The number of methoxy groups -OCH3 is 1. The van der Waals surface area contributed by atoms with Gasteiger partial charge in [-0.25, -0.2) is 18.2 Å². The summed E-state index contributed by atoms with van der Waals surface area (Å²) in [6.07, 6.45) is -0.370. The number of aromatic nitrogens is 3. The van der Waals surface area contributed by atoms with Crippen LogP contribution in [0.2, 0.25) is 0 Å². The fraction of sp³-hybridized carbons (Fsp3) is 0.364. The van der Waals surface area contributed by atoms with Gasteiger partial charge in [0.25, 0.3) is 0 Å². The molecule has 11 nitrogen and oxygen atoms in total. The van der Waals surface area contributed by atoms with Crippen molar-refractivity contribution < 1.29 is 17.9 Å². The van der Waals surface area contributed by atoms with Crippen molar-refractivity contribution in [3.8, 4) is 6.07 Å². The molecule has 1 amide bonds. The van der Waals surface area contributed by atoms with E-state index in [1.165, 1.54) is 22.4 Å². The number of carbonyl (C=O) groups is 1. The molecule has 0 saturated carbocycles. The molecular formula is C22H25N7O4S. The predicted octanol–water partition coefficient (Wildman–Crippen LogP) is 2.41. The zero-order valence-electron chi connectivity index (χ0n) is 18.9. The monoisotopic (exact) mass is 483 g/mol. The van der Waals surface area contributed by atoms with Crippen LogP contribution < -0.4 is 5.32 Å². The molecule has 1 aliphatic rings. The molecular weight excluding hydrogens is 458 g/mol. The zero-order valence-corrected chi connectivity index (χ0v) is 19.7. The van der Waals surface area contributed by atoms with Crippen LogP contribution in [0.4, 0.5) is 10.7 Å². The van der Waals surface area contributed by atoms with Crippen molar-refractivity contribution in [3.63, 3.8) is 0 Å². The highest BCUT2D eigenvalue weighted by atomic mass is 32.2. The van der Waals surface area contributed by atoms with Crippen LogP contribution in [0.1, 0.15) is 23.7 Å². The Bertz CT molecular complexity index is 1340. The lowest BCUT2D eigenvalue weighted by molar-refractivity contribution is 0.108. The zero-order chi connectivity index (χ0) is 24.3. The molecule has 0 aliphatic carbocycles.